The van der Waals surface area contributed by atoms with Crippen LogP contribution in [0.1, 0.15) is 32.5 Å². The summed E-state index contributed by atoms with van der Waals surface area (Å²) >= 11 is 1.48. The number of rotatable bonds is 6. The number of methoxy groups -OCH3 is 1. The van der Waals surface area contributed by atoms with Crippen LogP contribution in [0.2, 0.25) is 0 Å². The Balaban J connectivity index is 1.50. The summed E-state index contributed by atoms with van der Waals surface area (Å²) in [6.07, 6.45) is 2.31. The molecular formula is C23H30N4O2S. The van der Waals surface area contributed by atoms with Gasteiger partial charge >= 0.3 is 0 Å². The summed E-state index contributed by atoms with van der Waals surface area (Å²) in [6.45, 7) is 7.44. The molecule has 0 bridgehead atoms. The zero-order chi connectivity index (χ0) is 21.3. The highest BCUT2D eigenvalue weighted by Gasteiger charge is 2.24. The molecule has 0 aliphatic carbocycles. The van der Waals surface area contributed by atoms with Gasteiger partial charge in [-0.25, -0.2) is 4.98 Å². The summed E-state index contributed by atoms with van der Waals surface area (Å²) in [5.41, 5.74) is 1.78. The SMILES string of the molecule is COc1ccc(-c2cc3nc(CN(C)C4CCN(C(C)C)CC4)[nH]c(=O)c3s2)cc1. The van der Waals surface area contributed by atoms with Gasteiger partial charge in [-0.15, -0.1) is 11.3 Å². The summed E-state index contributed by atoms with van der Waals surface area (Å²) in [6, 6.07) is 11.0. The number of aromatic amines is 1. The van der Waals surface area contributed by atoms with Crippen LogP contribution in [0.4, 0.5) is 0 Å². The van der Waals surface area contributed by atoms with E-state index >= 15 is 0 Å². The van der Waals surface area contributed by atoms with E-state index in [-0.39, 0.29) is 5.56 Å². The molecule has 1 N–H and O–H groups in total. The minimum Gasteiger partial charge on any atom is -0.497 e. The van der Waals surface area contributed by atoms with E-state index in [0.717, 1.165) is 53.5 Å². The van der Waals surface area contributed by atoms with Gasteiger partial charge in [-0.2, -0.15) is 0 Å². The van der Waals surface area contributed by atoms with Gasteiger partial charge in [0.15, 0.2) is 0 Å². The van der Waals surface area contributed by atoms with Gasteiger partial charge in [0.1, 0.15) is 16.3 Å². The lowest BCUT2D eigenvalue weighted by molar-refractivity contribution is 0.103. The molecule has 0 atom stereocenters. The van der Waals surface area contributed by atoms with Crippen molar-refractivity contribution in [2.45, 2.75) is 45.3 Å². The summed E-state index contributed by atoms with van der Waals surface area (Å²) in [5.74, 6) is 1.56. The molecule has 0 spiro atoms. The first-order valence-electron chi connectivity index (χ1n) is 10.6. The number of nitrogens with zero attached hydrogens (tertiary/aromatic N) is 3. The molecule has 0 unspecified atom stereocenters. The van der Waals surface area contributed by atoms with E-state index in [1.165, 1.54) is 11.3 Å². The monoisotopic (exact) mass is 426 g/mol. The second kappa shape index (κ2) is 8.88. The van der Waals surface area contributed by atoms with Crippen LogP contribution in [-0.2, 0) is 6.54 Å². The van der Waals surface area contributed by atoms with Crippen LogP contribution in [0.15, 0.2) is 35.1 Å². The van der Waals surface area contributed by atoms with Gasteiger partial charge in [0.25, 0.3) is 5.56 Å². The Morgan fingerprint density at radius 2 is 1.97 bits per heavy atom. The van der Waals surface area contributed by atoms with Crippen molar-refractivity contribution in [2.24, 2.45) is 0 Å². The maximum absolute atomic E-state index is 12.7. The number of fused-ring (bicyclic) bond motifs is 1. The summed E-state index contributed by atoms with van der Waals surface area (Å²) in [4.78, 5) is 26.4. The first kappa shape index (κ1) is 21.0. The summed E-state index contributed by atoms with van der Waals surface area (Å²) < 4.78 is 5.91. The molecule has 160 valence electrons. The molecule has 3 heterocycles. The lowest BCUT2D eigenvalue weighted by Gasteiger charge is -2.38. The second-order valence-corrected chi connectivity index (χ2v) is 9.39. The number of piperidine rings is 1. The first-order valence-corrected chi connectivity index (χ1v) is 11.4. The van der Waals surface area contributed by atoms with Crippen LogP contribution in [0.25, 0.3) is 20.7 Å². The number of H-pyrrole nitrogens is 1. The van der Waals surface area contributed by atoms with E-state index in [2.05, 4.69) is 35.7 Å². The van der Waals surface area contributed by atoms with Gasteiger partial charge in [-0.1, -0.05) is 0 Å². The second-order valence-electron chi connectivity index (χ2n) is 8.34. The molecule has 3 aromatic rings. The fourth-order valence-corrected chi connectivity index (χ4v) is 5.17. The van der Waals surface area contributed by atoms with Crippen molar-refractivity contribution in [1.82, 2.24) is 19.8 Å². The molecule has 30 heavy (non-hydrogen) atoms. The normalized spacial score (nSPS) is 16.1. The number of aromatic nitrogens is 2. The van der Waals surface area contributed by atoms with Gasteiger partial charge in [-0.3, -0.25) is 9.69 Å². The predicted octanol–water partition coefficient (Wildman–Crippen LogP) is 3.96. The Morgan fingerprint density at radius 3 is 2.60 bits per heavy atom. The minimum atomic E-state index is -0.0530. The summed E-state index contributed by atoms with van der Waals surface area (Å²) in [7, 11) is 3.79. The average molecular weight is 427 g/mol. The molecule has 1 aromatic carbocycles. The van der Waals surface area contributed by atoms with Crippen molar-refractivity contribution in [3.8, 4) is 16.2 Å². The van der Waals surface area contributed by atoms with E-state index in [9.17, 15) is 4.79 Å². The zero-order valence-electron chi connectivity index (χ0n) is 18.1. The largest absolute Gasteiger partial charge is 0.497 e. The molecule has 0 radical (unpaired) electrons. The Morgan fingerprint density at radius 1 is 1.27 bits per heavy atom. The number of likely N-dealkylation sites (tertiary alicyclic amines) is 1. The molecule has 2 aromatic heterocycles. The van der Waals surface area contributed by atoms with E-state index in [1.807, 2.05) is 30.3 Å². The molecule has 1 aliphatic rings. The third-order valence-corrected chi connectivity index (χ3v) is 7.23. The quantitative estimate of drug-likeness (QED) is 0.646. The van der Waals surface area contributed by atoms with Crippen molar-refractivity contribution in [2.75, 3.05) is 27.2 Å². The fourth-order valence-electron chi connectivity index (χ4n) is 4.17. The molecule has 0 amide bonds. The maximum atomic E-state index is 12.7. The maximum Gasteiger partial charge on any atom is 0.268 e. The number of benzene rings is 1. The van der Waals surface area contributed by atoms with E-state index in [4.69, 9.17) is 9.72 Å². The Labute approximate surface area is 181 Å². The van der Waals surface area contributed by atoms with Crippen molar-refractivity contribution < 1.29 is 4.74 Å². The van der Waals surface area contributed by atoms with E-state index < -0.39 is 0 Å². The molecule has 1 aliphatic heterocycles. The number of thiophene rings is 1. The zero-order valence-corrected chi connectivity index (χ0v) is 19.0. The van der Waals surface area contributed by atoms with Crippen molar-refractivity contribution in [1.29, 1.82) is 0 Å². The van der Waals surface area contributed by atoms with Gasteiger partial charge in [0.05, 0.1) is 19.2 Å². The molecule has 6 nitrogen and oxygen atoms in total. The van der Waals surface area contributed by atoms with Gasteiger partial charge < -0.3 is 14.6 Å². The van der Waals surface area contributed by atoms with Crippen LogP contribution in [-0.4, -0.2) is 59.1 Å². The first-order chi connectivity index (χ1) is 14.4. The number of ether oxygens (including phenoxy) is 1. The van der Waals surface area contributed by atoms with Gasteiger partial charge in [0, 0.05) is 17.0 Å². The predicted molar refractivity (Wildman–Crippen MR) is 123 cm³/mol. The fraction of sp³-hybridized carbons (Fsp3) is 0.478. The molecular weight excluding hydrogens is 396 g/mol. The molecule has 7 heteroatoms. The highest BCUT2D eigenvalue weighted by atomic mass is 32.1. The van der Waals surface area contributed by atoms with E-state index in [0.29, 0.717) is 23.3 Å². The number of hydrogen-bond acceptors (Lipinski definition) is 6. The Bertz CT molecular complexity index is 1050. The van der Waals surface area contributed by atoms with E-state index in [1.54, 1.807) is 7.11 Å². The number of hydrogen-bond donors (Lipinski definition) is 1. The van der Waals surface area contributed by atoms with Crippen LogP contribution < -0.4 is 10.3 Å². The van der Waals surface area contributed by atoms with Gasteiger partial charge in [-0.05, 0) is 82.7 Å². The van der Waals surface area contributed by atoms with Crippen LogP contribution in [0.3, 0.4) is 0 Å². The van der Waals surface area contributed by atoms with Crippen molar-refractivity contribution in [3.63, 3.8) is 0 Å². The highest BCUT2D eigenvalue weighted by molar-refractivity contribution is 7.22. The molecule has 0 saturated carbocycles. The lowest BCUT2D eigenvalue weighted by Crippen LogP contribution is -2.45. The van der Waals surface area contributed by atoms with Crippen LogP contribution >= 0.6 is 11.3 Å². The molecule has 4 rings (SSSR count). The third kappa shape index (κ3) is 4.43. The van der Waals surface area contributed by atoms with Crippen molar-refractivity contribution >= 4 is 21.6 Å². The Hall–Kier alpha value is -2.22. The van der Waals surface area contributed by atoms with Crippen LogP contribution in [0.5, 0.6) is 5.75 Å². The highest BCUT2D eigenvalue weighted by Crippen LogP contribution is 2.32. The summed E-state index contributed by atoms with van der Waals surface area (Å²) in [5, 5.41) is 0. The Kier molecular flexibility index (Phi) is 6.22. The third-order valence-electron chi connectivity index (χ3n) is 6.06. The minimum absolute atomic E-state index is 0.0530. The van der Waals surface area contributed by atoms with Crippen molar-refractivity contribution in [3.05, 3.63) is 46.5 Å². The lowest BCUT2D eigenvalue weighted by atomic mass is 10.0. The molecule has 1 saturated heterocycles. The van der Waals surface area contributed by atoms with Gasteiger partial charge in [0.2, 0.25) is 0 Å². The number of nitrogens with one attached hydrogen (secondary N) is 1. The van der Waals surface area contributed by atoms with Crippen LogP contribution in [0, 0.1) is 0 Å². The standard InChI is InChI=1S/C23H30N4O2S/c1-15(2)27-11-9-17(10-12-27)26(3)14-21-24-19-13-20(30-22(19)23(28)25-21)16-5-7-18(29-4)8-6-16/h5-8,13,15,17H,9-12,14H2,1-4H3,(H,24,25,28). The molecule has 1 fully saturated rings. The topological polar surface area (TPSA) is 61.5 Å². The average Bonchev–Trinajstić information content (AvgIpc) is 3.18. The smallest absolute Gasteiger partial charge is 0.268 e.